The van der Waals surface area contributed by atoms with Crippen molar-refractivity contribution in [2.24, 2.45) is 22.7 Å². The molecule has 7 nitrogen and oxygen atoms in total. The summed E-state index contributed by atoms with van der Waals surface area (Å²) in [5.74, 6) is -1.90. The number of alkyl halides is 1. The van der Waals surface area contributed by atoms with Crippen molar-refractivity contribution >= 4 is 23.5 Å². The Kier molecular flexibility index (Phi) is 4.79. The Balaban J connectivity index is 1.55. The van der Waals surface area contributed by atoms with Crippen LogP contribution < -0.4 is 0 Å². The summed E-state index contributed by atoms with van der Waals surface area (Å²) in [6, 6.07) is 0. The summed E-state index contributed by atoms with van der Waals surface area (Å²) in [7, 11) is 0. The zero-order valence-electron chi connectivity index (χ0n) is 19.6. The van der Waals surface area contributed by atoms with Crippen molar-refractivity contribution < 1.29 is 37.8 Å². The molecule has 0 aromatic carbocycles. The lowest BCUT2D eigenvalue weighted by molar-refractivity contribution is -0.188. The van der Waals surface area contributed by atoms with Crippen molar-refractivity contribution in [3.8, 4) is 0 Å². The van der Waals surface area contributed by atoms with Crippen LogP contribution in [0.2, 0.25) is 0 Å². The van der Waals surface area contributed by atoms with Crippen LogP contribution in [0.5, 0.6) is 0 Å². The number of halogens is 1. The van der Waals surface area contributed by atoms with E-state index in [-0.39, 0.29) is 30.1 Å². The number of epoxide rings is 1. The van der Waals surface area contributed by atoms with Gasteiger partial charge in [0.15, 0.2) is 18.0 Å². The number of fused-ring (bicyclic) bond motifs is 3. The van der Waals surface area contributed by atoms with Gasteiger partial charge in [-0.25, -0.2) is 4.39 Å². The van der Waals surface area contributed by atoms with Crippen LogP contribution in [0.3, 0.4) is 0 Å². The Labute approximate surface area is 192 Å². The van der Waals surface area contributed by atoms with E-state index in [2.05, 4.69) is 0 Å². The number of esters is 2. The van der Waals surface area contributed by atoms with E-state index in [0.29, 0.717) is 37.7 Å². The molecule has 1 heterocycles. The first-order valence-electron chi connectivity index (χ1n) is 11.8. The smallest absolute Gasteiger partial charge is 0.303 e. The number of carbonyl (C=O) groups is 4. The largest absolute Gasteiger partial charge is 0.458 e. The third kappa shape index (κ3) is 2.76. The normalized spacial score (nSPS) is 47.3. The number of carbonyl (C=O) groups excluding carboxylic acids is 4. The maximum Gasteiger partial charge on any atom is 0.303 e. The lowest BCUT2D eigenvalue weighted by atomic mass is 9.45. The Morgan fingerprint density at radius 3 is 2.55 bits per heavy atom. The molecule has 33 heavy (non-hydrogen) atoms. The molecule has 1 spiro atoms. The van der Waals surface area contributed by atoms with Gasteiger partial charge in [-0.3, -0.25) is 19.2 Å². The SMILES string of the molecule is CC(=O)OCC(=O)[C@@]1(OC(C)=O)CC[C@H]2[C@@H]3C[C@H](F)C4=CC(=O)CC[C@]4(C)[C@@]34O[C@H]4C[C@@]21C. The van der Waals surface area contributed by atoms with Crippen LogP contribution in [0.4, 0.5) is 4.39 Å². The average Bonchev–Trinajstić information content (AvgIpc) is 3.38. The number of hydrogen-bond acceptors (Lipinski definition) is 7. The molecule has 0 N–H and O–H groups in total. The molecule has 180 valence electrons. The van der Waals surface area contributed by atoms with Crippen LogP contribution in [0.1, 0.15) is 66.2 Å². The fraction of sp³-hybridized carbons (Fsp3) is 0.760. The Morgan fingerprint density at radius 1 is 1.15 bits per heavy atom. The van der Waals surface area contributed by atoms with Gasteiger partial charge in [-0.1, -0.05) is 13.8 Å². The first kappa shape index (κ1) is 22.7. The Morgan fingerprint density at radius 2 is 1.88 bits per heavy atom. The monoisotopic (exact) mass is 462 g/mol. The molecule has 1 saturated heterocycles. The molecule has 1 aliphatic heterocycles. The fourth-order valence-electron chi connectivity index (χ4n) is 8.20. The molecule has 0 aromatic rings. The minimum Gasteiger partial charge on any atom is -0.458 e. The second kappa shape index (κ2) is 6.96. The Bertz CT molecular complexity index is 989. The van der Waals surface area contributed by atoms with E-state index in [9.17, 15) is 19.2 Å². The molecule has 0 radical (unpaired) electrons. The predicted octanol–water partition coefficient (Wildman–Crippen LogP) is 3.03. The molecule has 5 rings (SSSR count). The lowest BCUT2D eigenvalue weighted by Crippen LogP contribution is -2.64. The highest BCUT2D eigenvalue weighted by atomic mass is 19.1. The molecule has 0 unspecified atom stereocenters. The highest BCUT2D eigenvalue weighted by molar-refractivity contribution is 5.93. The van der Waals surface area contributed by atoms with Gasteiger partial charge in [0.1, 0.15) is 11.8 Å². The van der Waals surface area contributed by atoms with Gasteiger partial charge in [-0.2, -0.15) is 0 Å². The average molecular weight is 463 g/mol. The predicted molar refractivity (Wildman–Crippen MR) is 113 cm³/mol. The number of Topliss-reactive ketones (excluding diaryl/α,β-unsaturated/α-hetero) is 1. The van der Waals surface area contributed by atoms with Crippen molar-refractivity contribution in [2.45, 2.75) is 89.7 Å². The zero-order valence-corrected chi connectivity index (χ0v) is 19.6. The van der Waals surface area contributed by atoms with Gasteiger partial charge in [-0.05, 0) is 55.6 Å². The second-order valence-electron chi connectivity index (χ2n) is 11.0. The highest BCUT2D eigenvalue weighted by Gasteiger charge is 2.83. The molecule has 4 fully saturated rings. The van der Waals surface area contributed by atoms with E-state index >= 15 is 4.39 Å². The topological polar surface area (TPSA) is 99.3 Å². The summed E-state index contributed by atoms with van der Waals surface area (Å²) < 4.78 is 32.8. The standard InChI is InChI=1S/C25H31FO7/c1-13(27)31-12-20(30)24(32-14(2)28)8-6-16-17-10-19(26)18-9-15(29)5-7-22(18,3)25(17)21(33-25)11-23(16,24)4/h9,16-17,19,21H,5-8,10-12H2,1-4H3/t16-,17-,19-,21-,22-,23-,24-,25+/m0/s1. The van der Waals surface area contributed by atoms with Gasteiger partial charge in [0, 0.05) is 31.1 Å². The van der Waals surface area contributed by atoms with E-state index < -0.39 is 52.5 Å². The van der Waals surface area contributed by atoms with E-state index in [1.54, 1.807) is 0 Å². The minimum absolute atomic E-state index is 0.0383. The summed E-state index contributed by atoms with van der Waals surface area (Å²) in [5.41, 5.74) is -2.78. The van der Waals surface area contributed by atoms with Gasteiger partial charge >= 0.3 is 11.9 Å². The molecule has 5 aliphatic rings. The van der Waals surface area contributed by atoms with Crippen LogP contribution >= 0.6 is 0 Å². The Hall–Kier alpha value is -2.09. The summed E-state index contributed by atoms with van der Waals surface area (Å²) in [4.78, 5) is 49.0. The van der Waals surface area contributed by atoms with Crippen molar-refractivity contribution in [3.05, 3.63) is 11.6 Å². The van der Waals surface area contributed by atoms with Crippen molar-refractivity contribution in [2.75, 3.05) is 6.61 Å². The maximum atomic E-state index is 15.6. The van der Waals surface area contributed by atoms with E-state index in [0.717, 1.165) is 0 Å². The van der Waals surface area contributed by atoms with Crippen LogP contribution in [0.25, 0.3) is 0 Å². The molecule has 0 amide bonds. The number of ether oxygens (including phenoxy) is 3. The molecule has 8 atom stereocenters. The van der Waals surface area contributed by atoms with Crippen LogP contribution in [0.15, 0.2) is 11.6 Å². The number of rotatable bonds is 4. The van der Waals surface area contributed by atoms with Gasteiger partial charge < -0.3 is 14.2 Å². The molecular weight excluding hydrogens is 431 g/mol. The van der Waals surface area contributed by atoms with Gasteiger partial charge in [0.25, 0.3) is 0 Å². The molecule has 0 aromatic heterocycles. The highest BCUT2D eigenvalue weighted by Crippen LogP contribution is 2.77. The van der Waals surface area contributed by atoms with Crippen molar-refractivity contribution in [3.63, 3.8) is 0 Å². The van der Waals surface area contributed by atoms with Crippen molar-refractivity contribution in [1.29, 1.82) is 0 Å². The number of ketones is 2. The minimum atomic E-state index is -1.44. The first-order valence-corrected chi connectivity index (χ1v) is 11.8. The third-order valence-corrected chi connectivity index (χ3v) is 9.61. The quantitative estimate of drug-likeness (QED) is 0.468. The summed E-state index contributed by atoms with van der Waals surface area (Å²) in [5, 5.41) is 0. The summed E-state index contributed by atoms with van der Waals surface area (Å²) >= 11 is 0. The molecular formula is C25H31FO7. The number of hydrogen-bond donors (Lipinski definition) is 0. The van der Waals surface area contributed by atoms with Crippen molar-refractivity contribution in [1.82, 2.24) is 0 Å². The van der Waals surface area contributed by atoms with E-state index in [1.165, 1.54) is 19.9 Å². The molecule has 0 bridgehead atoms. The van der Waals surface area contributed by atoms with Crippen LogP contribution in [0, 0.1) is 22.7 Å². The van der Waals surface area contributed by atoms with E-state index in [4.69, 9.17) is 14.2 Å². The van der Waals surface area contributed by atoms with Gasteiger partial charge in [-0.15, -0.1) is 0 Å². The van der Waals surface area contributed by atoms with Gasteiger partial charge in [0.2, 0.25) is 5.78 Å². The lowest BCUT2D eigenvalue weighted by Gasteiger charge is -2.57. The van der Waals surface area contributed by atoms with Gasteiger partial charge in [0.05, 0.1) is 6.10 Å². The van der Waals surface area contributed by atoms with E-state index in [1.807, 2.05) is 13.8 Å². The second-order valence-corrected chi connectivity index (χ2v) is 11.0. The molecule has 8 heteroatoms. The molecule has 3 saturated carbocycles. The fourth-order valence-corrected chi connectivity index (χ4v) is 8.20. The molecule has 4 aliphatic carbocycles. The maximum absolute atomic E-state index is 15.6. The van der Waals surface area contributed by atoms with Crippen LogP contribution in [-0.2, 0) is 33.4 Å². The summed E-state index contributed by atoms with van der Waals surface area (Å²) in [6.45, 7) is 5.99. The third-order valence-electron chi connectivity index (χ3n) is 9.61. The zero-order chi connectivity index (χ0) is 24.0. The van der Waals surface area contributed by atoms with Crippen LogP contribution in [-0.4, -0.2) is 53.6 Å². The summed E-state index contributed by atoms with van der Waals surface area (Å²) in [6.07, 6.45) is 2.55. The first-order chi connectivity index (χ1) is 15.4.